The van der Waals surface area contributed by atoms with Gasteiger partial charge in [0.1, 0.15) is 14.9 Å². The molecule has 0 spiro atoms. The molecule has 0 atom stereocenters. The molecule has 196 valence electrons. The van der Waals surface area contributed by atoms with Gasteiger partial charge < -0.3 is 28.4 Å². The zero-order valence-corrected chi connectivity index (χ0v) is 25.2. The van der Waals surface area contributed by atoms with Gasteiger partial charge in [-0.3, -0.25) is 0 Å². The molecule has 0 bridgehead atoms. The van der Waals surface area contributed by atoms with Crippen molar-refractivity contribution < 1.29 is 18.3 Å². The fraction of sp³-hybridized carbons (Fsp3) is 0.250. The SMILES string of the molecule is COC(C)(CBr)OC.Cc1cn2cc(Br)nc(-c3ccco3)c2n1.Nc1ncc(Br)nc1-c1ccco1. The highest BCUT2D eigenvalue weighted by molar-refractivity contribution is 9.10. The number of nitrogens with two attached hydrogens (primary N) is 1. The maximum absolute atomic E-state index is 5.63. The number of ether oxygens (including phenoxy) is 2. The molecule has 13 heteroatoms. The molecular formula is C24H25Br3N6O4. The molecule has 0 aliphatic heterocycles. The largest absolute Gasteiger partial charge is 0.463 e. The molecule has 0 aromatic carbocycles. The lowest BCUT2D eigenvalue weighted by atomic mass is 10.3. The Balaban J connectivity index is 0.000000164. The van der Waals surface area contributed by atoms with E-state index in [1.165, 1.54) is 0 Å². The van der Waals surface area contributed by atoms with Crippen LogP contribution in [-0.2, 0) is 9.47 Å². The number of halogens is 3. The first-order valence-electron chi connectivity index (χ1n) is 10.7. The number of aromatic nitrogens is 5. The molecular weight excluding hydrogens is 676 g/mol. The molecule has 5 rings (SSSR count). The summed E-state index contributed by atoms with van der Waals surface area (Å²) >= 11 is 9.83. The van der Waals surface area contributed by atoms with Crippen LogP contribution in [0.25, 0.3) is 28.6 Å². The zero-order valence-electron chi connectivity index (χ0n) is 20.5. The molecule has 2 N–H and O–H groups in total. The minimum atomic E-state index is -0.458. The van der Waals surface area contributed by atoms with E-state index < -0.39 is 5.79 Å². The summed E-state index contributed by atoms with van der Waals surface area (Å²) in [4.78, 5) is 16.9. The van der Waals surface area contributed by atoms with Crippen LogP contribution in [0.5, 0.6) is 0 Å². The molecule has 0 amide bonds. The number of nitrogens with zero attached hydrogens (tertiary/aromatic N) is 5. The fourth-order valence-corrected chi connectivity index (χ4v) is 3.97. The van der Waals surface area contributed by atoms with Crippen LogP contribution in [0.4, 0.5) is 5.82 Å². The van der Waals surface area contributed by atoms with E-state index in [0.29, 0.717) is 27.2 Å². The first-order valence-corrected chi connectivity index (χ1v) is 13.4. The molecule has 0 saturated carbocycles. The lowest BCUT2D eigenvalue weighted by Crippen LogP contribution is -2.31. The van der Waals surface area contributed by atoms with Crippen molar-refractivity contribution in [2.24, 2.45) is 0 Å². The van der Waals surface area contributed by atoms with E-state index in [4.69, 9.17) is 24.0 Å². The number of fused-ring (bicyclic) bond motifs is 1. The van der Waals surface area contributed by atoms with Crippen molar-refractivity contribution >= 4 is 59.3 Å². The molecule has 0 unspecified atom stereocenters. The van der Waals surface area contributed by atoms with Crippen molar-refractivity contribution in [3.8, 4) is 22.9 Å². The summed E-state index contributed by atoms with van der Waals surface area (Å²) < 4.78 is 23.8. The summed E-state index contributed by atoms with van der Waals surface area (Å²) in [5.74, 6) is 1.24. The third kappa shape index (κ3) is 7.71. The standard InChI is InChI=1S/C11H8BrN3O.C8H6BrN3O.C5H11BrO2/c1-7-5-15-6-9(12)14-10(11(15)13-7)8-3-2-4-16-8;9-6-4-11-8(10)7(12-6)5-2-1-3-13-5;1-5(4-6,7-2)8-3/h2-6H,1H3;1-4H,(H2,10,11);4H2,1-3H3. The second-order valence-electron chi connectivity index (χ2n) is 7.58. The van der Waals surface area contributed by atoms with E-state index in [1.807, 2.05) is 42.8 Å². The van der Waals surface area contributed by atoms with Gasteiger partial charge in [-0.2, -0.15) is 0 Å². The van der Waals surface area contributed by atoms with E-state index >= 15 is 0 Å². The number of aryl methyl sites for hydroxylation is 1. The normalized spacial score (nSPS) is 11.0. The molecule has 5 heterocycles. The average Bonchev–Trinajstić information content (AvgIpc) is 3.67. The minimum Gasteiger partial charge on any atom is -0.463 e. The predicted octanol–water partition coefficient (Wildman–Crippen LogP) is 6.53. The summed E-state index contributed by atoms with van der Waals surface area (Å²) in [5, 5.41) is 0.688. The van der Waals surface area contributed by atoms with Crippen LogP contribution < -0.4 is 5.73 Å². The van der Waals surface area contributed by atoms with Gasteiger partial charge in [0.2, 0.25) is 0 Å². The van der Waals surface area contributed by atoms with E-state index in [-0.39, 0.29) is 0 Å². The van der Waals surface area contributed by atoms with Gasteiger partial charge in [-0.05, 0) is 70.0 Å². The van der Waals surface area contributed by atoms with Gasteiger partial charge >= 0.3 is 0 Å². The molecule has 10 nitrogen and oxygen atoms in total. The van der Waals surface area contributed by atoms with Crippen molar-refractivity contribution in [2.75, 3.05) is 25.3 Å². The van der Waals surface area contributed by atoms with Crippen LogP contribution in [0, 0.1) is 6.92 Å². The Labute approximate surface area is 239 Å². The van der Waals surface area contributed by atoms with Crippen molar-refractivity contribution in [1.82, 2.24) is 24.3 Å². The van der Waals surface area contributed by atoms with Gasteiger partial charge in [0.25, 0.3) is 0 Å². The van der Waals surface area contributed by atoms with Crippen molar-refractivity contribution in [1.29, 1.82) is 0 Å². The number of hydrogen-bond donors (Lipinski definition) is 1. The Bertz CT molecular complexity index is 1400. The second-order valence-corrected chi connectivity index (χ2v) is 9.77. The molecule has 0 radical (unpaired) electrons. The molecule has 0 aliphatic carbocycles. The third-order valence-electron chi connectivity index (χ3n) is 4.92. The van der Waals surface area contributed by atoms with Crippen molar-refractivity contribution in [3.63, 3.8) is 0 Å². The number of nitrogen functional groups attached to an aromatic ring is 1. The first-order chi connectivity index (χ1) is 17.7. The monoisotopic (exact) mass is 698 g/mol. The topological polar surface area (TPSA) is 127 Å². The highest BCUT2D eigenvalue weighted by Gasteiger charge is 2.19. The highest BCUT2D eigenvalue weighted by Crippen LogP contribution is 2.25. The molecule has 5 aromatic heterocycles. The fourth-order valence-electron chi connectivity index (χ4n) is 2.83. The second kappa shape index (κ2) is 13.3. The van der Waals surface area contributed by atoms with Gasteiger partial charge in [0, 0.05) is 26.6 Å². The number of furan rings is 2. The maximum Gasteiger partial charge on any atom is 0.174 e. The molecule has 0 aliphatic rings. The van der Waals surface area contributed by atoms with Gasteiger partial charge in [-0.15, -0.1) is 0 Å². The first kappa shape index (κ1) is 29.0. The third-order valence-corrected chi connectivity index (χ3v) is 6.70. The average molecular weight is 701 g/mol. The molecule has 0 fully saturated rings. The quantitative estimate of drug-likeness (QED) is 0.161. The predicted molar refractivity (Wildman–Crippen MR) is 151 cm³/mol. The summed E-state index contributed by atoms with van der Waals surface area (Å²) in [6.45, 7) is 3.81. The van der Waals surface area contributed by atoms with Crippen molar-refractivity contribution in [2.45, 2.75) is 19.6 Å². The lowest BCUT2D eigenvalue weighted by Gasteiger charge is -2.22. The van der Waals surface area contributed by atoms with Gasteiger partial charge in [0.15, 0.2) is 34.5 Å². The summed E-state index contributed by atoms with van der Waals surface area (Å²) in [6, 6.07) is 7.27. The van der Waals surface area contributed by atoms with Crippen LogP contribution in [0.15, 0.2) is 73.4 Å². The van der Waals surface area contributed by atoms with Crippen LogP contribution in [0.3, 0.4) is 0 Å². The Kier molecular flexibility index (Phi) is 10.4. The Morgan fingerprint density at radius 2 is 1.54 bits per heavy atom. The van der Waals surface area contributed by atoms with E-state index in [0.717, 1.165) is 27.4 Å². The van der Waals surface area contributed by atoms with E-state index in [1.54, 1.807) is 45.1 Å². The summed E-state index contributed by atoms with van der Waals surface area (Å²) in [5.41, 5.74) is 8.68. The highest BCUT2D eigenvalue weighted by atomic mass is 79.9. The number of alkyl halides is 1. The van der Waals surface area contributed by atoms with Crippen LogP contribution in [0.1, 0.15) is 12.6 Å². The number of hydrogen-bond acceptors (Lipinski definition) is 9. The maximum atomic E-state index is 5.63. The Morgan fingerprint density at radius 1 is 0.946 bits per heavy atom. The van der Waals surface area contributed by atoms with E-state index in [9.17, 15) is 0 Å². The summed E-state index contributed by atoms with van der Waals surface area (Å²) in [7, 11) is 3.23. The Morgan fingerprint density at radius 3 is 2.05 bits per heavy atom. The van der Waals surface area contributed by atoms with Crippen LogP contribution in [0.2, 0.25) is 0 Å². The lowest BCUT2D eigenvalue weighted by molar-refractivity contribution is -0.174. The summed E-state index contributed by atoms with van der Waals surface area (Å²) in [6.07, 6.45) is 8.57. The smallest absolute Gasteiger partial charge is 0.174 e. The minimum absolute atomic E-state index is 0.359. The molecule has 37 heavy (non-hydrogen) atoms. The zero-order chi connectivity index (χ0) is 27.0. The number of rotatable bonds is 5. The van der Waals surface area contributed by atoms with E-state index in [2.05, 4.69) is 67.7 Å². The number of imidazole rings is 1. The Hall–Kier alpha value is -2.58. The van der Waals surface area contributed by atoms with Gasteiger partial charge in [-0.1, -0.05) is 15.9 Å². The van der Waals surface area contributed by atoms with Crippen molar-refractivity contribution in [3.05, 3.63) is 70.3 Å². The number of anilines is 1. The van der Waals surface area contributed by atoms with Gasteiger partial charge in [0.05, 0.1) is 29.7 Å². The van der Waals surface area contributed by atoms with Crippen LogP contribution in [-0.4, -0.2) is 49.7 Å². The molecule has 5 aromatic rings. The number of methoxy groups -OCH3 is 2. The van der Waals surface area contributed by atoms with Crippen LogP contribution >= 0.6 is 47.8 Å². The molecule has 0 saturated heterocycles. The van der Waals surface area contributed by atoms with Gasteiger partial charge in [-0.25, -0.2) is 19.9 Å².